The van der Waals surface area contributed by atoms with Gasteiger partial charge < -0.3 is 0 Å². The standard InChI is InChI=1S/C12H14/c1-3-11(2)9-10-12-7-5-4-6-8-12/h4-10H,2-3H2,1H3/b10-9+. The minimum Gasteiger partial charge on any atom is -0.0958 e. The summed E-state index contributed by atoms with van der Waals surface area (Å²) in [5.41, 5.74) is 2.39. The predicted molar refractivity (Wildman–Crippen MR) is 54.9 cm³/mol. The van der Waals surface area contributed by atoms with Gasteiger partial charge in [0.2, 0.25) is 0 Å². The highest BCUT2D eigenvalue weighted by molar-refractivity contribution is 5.52. The van der Waals surface area contributed by atoms with Crippen molar-refractivity contribution in [3.8, 4) is 0 Å². The first-order chi connectivity index (χ1) is 5.83. The van der Waals surface area contributed by atoms with Gasteiger partial charge >= 0.3 is 0 Å². The van der Waals surface area contributed by atoms with E-state index < -0.39 is 0 Å². The minimum atomic E-state index is 1.02. The normalized spacial score (nSPS) is 10.4. The van der Waals surface area contributed by atoms with Crippen molar-refractivity contribution < 1.29 is 0 Å². The van der Waals surface area contributed by atoms with Gasteiger partial charge in [-0.25, -0.2) is 0 Å². The zero-order valence-electron chi connectivity index (χ0n) is 7.46. The molecule has 0 spiro atoms. The van der Waals surface area contributed by atoms with Gasteiger partial charge in [-0.1, -0.05) is 61.6 Å². The van der Waals surface area contributed by atoms with E-state index in [4.69, 9.17) is 0 Å². The summed E-state index contributed by atoms with van der Waals surface area (Å²) >= 11 is 0. The third kappa shape index (κ3) is 2.75. The van der Waals surface area contributed by atoms with E-state index in [1.54, 1.807) is 0 Å². The van der Waals surface area contributed by atoms with Crippen LogP contribution in [-0.2, 0) is 0 Å². The van der Waals surface area contributed by atoms with E-state index in [-0.39, 0.29) is 0 Å². The van der Waals surface area contributed by atoms with Gasteiger partial charge in [0.25, 0.3) is 0 Å². The van der Waals surface area contributed by atoms with Crippen LogP contribution in [0, 0.1) is 0 Å². The molecular weight excluding hydrogens is 144 g/mol. The molecule has 0 N–H and O–H groups in total. The molecule has 12 heavy (non-hydrogen) atoms. The van der Waals surface area contributed by atoms with Crippen molar-refractivity contribution in [2.75, 3.05) is 0 Å². The van der Waals surface area contributed by atoms with Crippen molar-refractivity contribution in [3.05, 3.63) is 54.1 Å². The van der Waals surface area contributed by atoms with E-state index in [2.05, 4.69) is 37.8 Å². The van der Waals surface area contributed by atoms with Gasteiger partial charge in [0.05, 0.1) is 0 Å². The minimum absolute atomic E-state index is 1.02. The van der Waals surface area contributed by atoms with E-state index in [9.17, 15) is 0 Å². The number of rotatable bonds is 3. The van der Waals surface area contributed by atoms with Crippen LogP contribution < -0.4 is 0 Å². The number of hydrogen-bond acceptors (Lipinski definition) is 0. The lowest BCUT2D eigenvalue weighted by Crippen LogP contribution is -1.71. The van der Waals surface area contributed by atoms with Gasteiger partial charge in [0.15, 0.2) is 0 Å². The Kier molecular flexibility index (Phi) is 3.34. The van der Waals surface area contributed by atoms with Gasteiger partial charge in [-0.2, -0.15) is 0 Å². The summed E-state index contributed by atoms with van der Waals surface area (Å²) in [5.74, 6) is 0. The molecule has 0 heterocycles. The second-order valence-electron chi connectivity index (χ2n) is 2.76. The Hall–Kier alpha value is -1.30. The van der Waals surface area contributed by atoms with Crippen LogP contribution in [0.4, 0.5) is 0 Å². The Morgan fingerprint density at radius 1 is 1.33 bits per heavy atom. The second-order valence-corrected chi connectivity index (χ2v) is 2.76. The molecule has 0 bridgehead atoms. The number of benzene rings is 1. The Morgan fingerprint density at radius 3 is 2.58 bits per heavy atom. The molecule has 62 valence electrons. The largest absolute Gasteiger partial charge is 0.0958 e. The monoisotopic (exact) mass is 158 g/mol. The first-order valence-electron chi connectivity index (χ1n) is 4.24. The van der Waals surface area contributed by atoms with E-state index in [0.29, 0.717) is 0 Å². The van der Waals surface area contributed by atoms with E-state index in [1.165, 1.54) is 11.1 Å². The first-order valence-corrected chi connectivity index (χ1v) is 4.24. The Bertz CT molecular complexity index is 267. The second kappa shape index (κ2) is 4.55. The molecule has 0 fully saturated rings. The molecule has 0 atom stereocenters. The average Bonchev–Trinajstić information content (AvgIpc) is 2.16. The summed E-state index contributed by atoms with van der Waals surface area (Å²) in [5, 5.41) is 0. The molecule has 0 saturated heterocycles. The maximum atomic E-state index is 3.90. The van der Waals surface area contributed by atoms with Crippen LogP contribution in [0.15, 0.2) is 48.6 Å². The fourth-order valence-corrected chi connectivity index (χ4v) is 0.896. The van der Waals surface area contributed by atoms with Crippen LogP contribution >= 0.6 is 0 Å². The lowest BCUT2D eigenvalue weighted by Gasteiger charge is -1.92. The molecule has 1 aromatic carbocycles. The van der Waals surface area contributed by atoms with Crippen LogP contribution in [0.2, 0.25) is 0 Å². The number of allylic oxidation sites excluding steroid dienone is 2. The van der Waals surface area contributed by atoms with Gasteiger partial charge in [-0.3, -0.25) is 0 Å². The van der Waals surface area contributed by atoms with Crippen LogP contribution in [0.5, 0.6) is 0 Å². The van der Waals surface area contributed by atoms with Crippen molar-refractivity contribution in [2.45, 2.75) is 13.3 Å². The first kappa shape index (κ1) is 8.79. The zero-order valence-corrected chi connectivity index (χ0v) is 7.46. The predicted octanol–water partition coefficient (Wildman–Crippen LogP) is 3.67. The molecule has 0 amide bonds. The third-order valence-corrected chi connectivity index (χ3v) is 1.77. The Labute approximate surface area is 74.2 Å². The van der Waals surface area contributed by atoms with Gasteiger partial charge in [0, 0.05) is 0 Å². The molecule has 1 aromatic rings. The quantitative estimate of drug-likeness (QED) is 0.589. The molecule has 0 aliphatic carbocycles. The molecule has 0 aromatic heterocycles. The van der Waals surface area contributed by atoms with Crippen molar-refractivity contribution in [1.82, 2.24) is 0 Å². The maximum Gasteiger partial charge on any atom is -0.0257 e. The maximum absolute atomic E-state index is 3.90. The van der Waals surface area contributed by atoms with Crippen LogP contribution in [0.25, 0.3) is 6.08 Å². The summed E-state index contributed by atoms with van der Waals surface area (Å²) in [6.45, 7) is 6.01. The summed E-state index contributed by atoms with van der Waals surface area (Å²) in [4.78, 5) is 0. The summed E-state index contributed by atoms with van der Waals surface area (Å²) < 4.78 is 0. The highest BCUT2D eigenvalue weighted by atomic mass is 13.9. The summed E-state index contributed by atoms with van der Waals surface area (Å²) in [7, 11) is 0. The molecule has 1 rings (SSSR count). The summed E-state index contributed by atoms with van der Waals surface area (Å²) in [6, 6.07) is 10.3. The lowest BCUT2D eigenvalue weighted by molar-refractivity contribution is 1.16. The van der Waals surface area contributed by atoms with Crippen molar-refractivity contribution in [3.63, 3.8) is 0 Å². The van der Waals surface area contributed by atoms with E-state index in [0.717, 1.165) is 6.42 Å². The summed E-state index contributed by atoms with van der Waals surface area (Å²) in [6.07, 6.45) is 5.17. The van der Waals surface area contributed by atoms with Crippen molar-refractivity contribution >= 4 is 6.08 Å². The van der Waals surface area contributed by atoms with Crippen molar-refractivity contribution in [1.29, 1.82) is 0 Å². The molecule has 0 heteroatoms. The smallest absolute Gasteiger partial charge is 0.0257 e. The molecule has 0 saturated carbocycles. The zero-order chi connectivity index (χ0) is 8.81. The molecule has 0 aliphatic heterocycles. The highest BCUT2D eigenvalue weighted by Crippen LogP contribution is 2.05. The Balaban J connectivity index is 2.64. The molecule has 0 nitrogen and oxygen atoms in total. The fraction of sp³-hybridized carbons (Fsp3) is 0.167. The SMILES string of the molecule is C=C(/C=C/c1ccccc1)CC. The van der Waals surface area contributed by atoms with Crippen molar-refractivity contribution in [2.24, 2.45) is 0 Å². The van der Waals surface area contributed by atoms with Crippen LogP contribution in [0.1, 0.15) is 18.9 Å². The molecular formula is C12H14. The third-order valence-electron chi connectivity index (χ3n) is 1.77. The van der Waals surface area contributed by atoms with E-state index >= 15 is 0 Å². The Morgan fingerprint density at radius 2 is 2.00 bits per heavy atom. The van der Waals surface area contributed by atoms with Gasteiger partial charge in [-0.15, -0.1) is 0 Å². The number of hydrogen-bond donors (Lipinski definition) is 0. The van der Waals surface area contributed by atoms with Crippen LogP contribution in [-0.4, -0.2) is 0 Å². The van der Waals surface area contributed by atoms with Gasteiger partial charge in [0.1, 0.15) is 0 Å². The fourth-order valence-electron chi connectivity index (χ4n) is 0.896. The van der Waals surface area contributed by atoms with E-state index in [1.807, 2.05) is 18.2 Å². The molecule has 0 unspecified atom stereocenters. The highest BCUT2D eigenvalue weighted by Gasteiger charge is 1.83. The van der Waals surface area contributed by atoms with Gasteiger partial charge in [-0.05, 0) is 12.0 Å². The average molecular weight is 158 g/mol. The lowest BCUT2D eigenvalue weighted by atomic mass is 10.1. The van der Waals surface area contributed by atoms with Crippen LogP contribution in [0.3, 0.4) is 0 Å². The topological polar surface area (TPSA) is 0 Å². The molecule has 0 radical (unpaired) electrons. The molecule has 0 aliphatic rings.